The predicted molar refractivity (Wildman–Crippen MR) is 106 cm³/mol. The van der Waals surface area contributed by atoms with Gasteiger partial charge in [-0.15, -0.1) is 0 Å². The van der Waals surface area contributed by atoms with E-state index >= 15 is 0 Å². The van der Waals surface area contributed by atoms with Crippen LogP contribution < -0.4 is 5.73 Å². The standard InChI is InChI=1S/C22H25N3O2/c1-24(2)12-11-22(9-10-22)16-6-3-5-15(13-16)14-25-20(26)17-7-4-8-18(23)19(17)21(25)27/h3-8,13H,9-12,14,23H2,1-2H3. The number of nitrogens with two attached hydrogens (primary N) is 1. The van der Waals surface area contributed by atoms with Gasteiger partial charge >= 0.3 is 0 Å². The molecule has 0 unspecified atom stereocenters. The predicted octanol–water partition coefficient (Wildman–Crippen LogP) is 3.05. The number of rotatable bonds is 6. The van der Waals surface area contributed by atoms with Crippen molar-refractivity contribution in [3.05, 3.63) is 64.7 Å². The molecular formula is C22H25N3O2. The summed E-state index contributed by atoms with van der Waals surface area (Å²) in [6.07, 6.45) is 3.54. The largest absolute Gasteiger partial charge is 0.398 e. The van der Waals surface area contributed by atoms with Crippen molar-refractivity contribution in [2.45, 2.75) is 31.2 Å². The van der Waals surface area contributed by atoms with Crippen molar-refractivity contribution >= 4 is 17.5 Å². The van der Waals surface area contributed by atoms with Crippen LogP contribution in [-0.4, -0.2) is 42.3 Å². The van der Waals surface area contributed by atoms with Crippen LogP contribution in [0, 0.1) is 0 Å². The van der Waals surface area contributed by atoms with Crippen LogP contribution in [0.4, 0.5) is 5.69 Å². The van der Waals surface area contributed by atoms with Gasteiger partial charge in [-0.05, 0) is 68.6 Å². The first-order valence-corrected chi connectivity index (χ1v) is 9.40. The fourth-order valence-electron chi connectivity index (χ4n) is 3.96. The Labute approximate surface area is 159 Å². The second kappa shape index (κ2) is 6.50. The number of anilines is 1. The van der Waals surface area contributed by atoms with Gasteiger partial charge in [0.2, 0.25) is 0 Å². The minimum atomic E-state index is -0.299. The second-order valence-electron chi connectivity index (χ2n) is 8.00. The first-order chi connectivity index (χ1) is 12.9. The molecule has 1 fully saturated rings. The molecule has 1 aliphatic carbocycles. The number of benzene rings is 2. The van der Waals surface area contributed by atoms with Crippen LogP contribution >= 0.6 is 0 Å². The molecule has 2 amide bonds. The molecule has 0 aromatic heterocycles. The summed E-state index contributed by atoms with van der Waals surface area (Å²) < 4.78 is 0. The topological polar surface area (TPSA) is 66.6 Å². The third-order valence-corrected chi connectivity index (χ3v) is 5.80. The van der Waals surface area contributed by atoms with Crippen molar-refractivity contribution in [1.29, 1.82) is 0 Å². The SMILES string of the molecule is CN(C)CCC1(c2cccc(CN3C(=O)c4cccc(N)c4C3=O)c2)CC1. The van der Waals surface area contributed by atoms with Crippen LogP contribution in [0.15, 0.2) is 42.5 Å². The average Bonchev–Trinajstić information content (AvgIpc) is 3.40. The Morgan fingerprint density at radius 3 is 2.48 bits per heavy atom. The van der Waals surface area contributed by atoms with Crippen molar-refractivity contribution in [3.63, 3.8) is 0 Å². The highest BCUT2D eigenvalue weighted by molar-refractivity contribution is 6.23. The fourth-order valence-corrected chi connectivity index (χ4v) is 3.96. The van der Waals surface area contributed by atoms with E-state index in [-0.39, 0.29) is 23.8 Å². The molecule has 0 spiro atoms. The van der Waals surface area contributed by atoms with Gasteiger partial charge in [-0.1, -0.05) is 30.3 Å². The number of carbonyl (C=O) groups is 2. The van der Waals surface area contributed by atoms with E-state index in [2.05, 4.69) is 31.1 Å². The normalized spacial score (nSPS) is 17.5. The number of hydrogen-bond donors (Lipinski definition) is 1. The van der Waals surface area contributed by atoms with Crippen molar-refractivity contribution in [2.24, 2.45) is 0 Å². The molecule has 140 valence electrons. The van der Waals surface area contributed by atoms with Gasteiger partial charge in [-0.2, -0.15) is 0 Å². The minimum Gasteiger partial charge on any atom is -0.398 e. The third-order valence-electron chi connectivity index (χ3n) is 5.80. The van der Waals surface area contributed by atoms with Gasteiger partial charge in [-0.25, -0.2) is 0 Å². The summed E-state index contributed by atoms with van der Waals surface area (Å²) in [5.74, 6) is -0.561. The quantitative estimate of drug-likeness (QED) is 0.633. The summed E-state index contributed by atoms with van der Waals surface area (Å²) in [7, 11) is 4.20. The van der Waals surface area contributed by atoms with Crippen molar-refractivity contribution in [1.82, 2.24) is 9.80 Å². The van der Waals surface area contributed by atoms with E-state index in [9.17, 15) is 9.59 Å². The summed E-state index contributed by atoms with van der Waals surface area (Å²) in [6, 6.07) is 13.4. The minimum absolute atomic E-state index is 0.257. The van der Waals surface area contributed by atoms with Crippen molar-refractivity contribution in [3.8, 4) is 0 Å². The summed E-state index contributed by atoms with van der Waals surface area (Å²) >= 11 is 0. The maximum atomic E-state index is 12.7. The molecule has 5 heteroatoms. The van der Waals surface area contributed by atoms with Gasteiger partial charge in [0.05, 0.1) is 17.7 Å². The van der Waals surface area contributed by atoms with Crippen LogP contribution in [0.3, 0.4) is 0 Å². The van der Waals surface area contributed by atoms with Gasteiger partial charge in [0.1, 0.15) is 0 Å². The van der Waals surface area contributed by atoms with Crippen LogP contribution in [0.1, 0.15) is 51.1 Å². The van der Waals surface area contributed by atoms with E-state index in [4.69, 9.17) is 5.73 Å². The monoisotopic (exact) mass is 363 g/mol. The average molecular weight is 363 g/mol. The number of nitrogens with zero attached hydrogens (tertiary/aromatic N) is 2. The molecule has 0 radical (unpaired) electrons. The van der Waals surface area contributed by atoms with E-state index in [1.165, 1.54) is 23.3 Å². The molecule has 0 saturated heterocycles. The van der Waals surface area contributed by atoms with Crippen LogP contribution in [0.5, 0.6) is 0 Å². The molecule has 4 rings (SSSR count). The molecule has 0 bridgehead atoms. The Bertz CT molecular complexity index is 916. The molecule has 5 nitrogen and oxygen atoms in total. The Morgan fingerprint density at radius 2 is 1.81 bits per heavy atom. The zero-order valence-corrected chi connectivity index (χ0v) is 15.9. The number of fused-ring (bicyclic) bond motifs is 1. The van der Waals surface area contributed by atoms with Gasteiger partial charge in [0.25, 0.3) is 11.8 Å². The first-order valence-electron chi connectivity index (χ1n) is 9.40. The molecule has 2 aromatic rings. The molecule has 1 aliphatic heterocycles. The van der Waals surface area contributed by atoms with E-state index < -0.39 is 0 Å². The van der Waals surface area contributed by atoms with Gasteiger partial charge in [-0.3, -0.25) is 14.5 Å². The molecule has 2 aliphatic rings. The zero-order chi connectivity index (χ0) is 19.2. The highest BCUT2D eigenvalue weighted by atomic mass is 16.2. The lowest BCUT2D eigenvalue weighted by atomic mass is 9.91. The Kier molecular flexibility index (Phi) is 4.27. The lowest BCUT2D eigenvalue weighted by Crippen LogP contribution is -2.29. The third kappa shape index (κ3) is 3.12. The Balaban J connectivity index is 1.56. The van der Waals surface area contributed by atoms with Gasteiger partial charge < -0.3 is 10.6 Å². The number of nitrogen functional groups attached to an aromatic ring is 1. The smallest absolute Gasteiger partial charge is 0.263 e. The van der Waals surface area contributed by atoms with Crippen molar-refractivity contribution in [2.75, 3.05) is 26.4 Å². The molecule has 1 saturated carbocycles. The summed E-state index contributed by atoms with van der Waals surface area (Å²) in [6.45, 7) is 1.34. The van der Waals surface area contributed by atoms with Gasteiger partial charge in [0, 0.05) is 5.69 Å². The highest BCUT2D eigenvalue weighted by Gasteiger charge is 2.44. The fraction of sp³-hybridized carbons (Fsp3) is 0.364. The summed E-state index contributed by atoms with van der Waals surface area (Å²) in [5, 5.41) is 0. The van der Waals surface area contributed by atoms with E-state index in [0.29, 0.717) is 16.8 Å². The lowest BCUT2D eigenvalue weighted by molar-refractivity contribution is 0.0642. The van der Waals surface area contributed by atoms with Crippen molar-refractivity contribution < 1.29 is 9.59 Å². The Hall–Kier alpha value is -2.66. The maximum absolute atomic E-state index is 12.7. The summed E-state index contributed by atoms with van der Waals surface area (Å²) in [5.41, 5.74) is 9.58. The molecular weight excluding hydrogens is 338 g/mol. The Morgan fingerprint density at radius 1 is 1.07 bits per heavy atom. The number of hydrogen-bond acceptors (Lipinski definition) is 4. The maximum Gasteiger partial charge on any atom is 0.263 e. The molecule has 1 heterocycles. The first kappa shape index (κ1) is 17.7. The van der Waals surface area contributed by atoms with Gasteiger partial charge in [0.15, 0.2) is 0 Å². The number of imide groups is 1. The zero-order valence-electron chi connectivity index (χ0n) is 15.9. The molecule has 0 atom stereocenters. The molecule has 2 aromatic carbocycles. The lowest BCUT2D eigenvalue weighted by Gasteiger charge is -2.20. The molecule has 27 heavy (non-hydrogen) atoms. The van der Waals surface area contributed by atoms with E-state index in [0.717, 1.165) is 18.5 Å². The van der Waals surface area contributed by atoms with Crippen LogP contribution in [0.2, 0.25) is 0 Å². The van der Waals surface area contributed by atoms with Crippen LogP contribution in [0.25, 0.3) is 0 Å². The van der Waals surface area contributed by atoms with E-state index in [1.807, 2.05) is 12.1 Å². The van der Waals surface area contributed by atoms with E-state index in [1.54, 1.807) is 18.2 Å². The second-order valence-corrected chi connectivity index (χ2v) is 8.00. The van der Waals surface area contributed by atoms with Crippen LogP contribution in [-0.2, 0) is 12.0 Å². The number of amides is 2. The highest BCUT2D eigenvalue weighted by Crippen LogP contribution is 2.51. The summed E-state index contributed by atoms with van der Waals surface area (Å²) in [4.78, 5) is 28.9. The molecule has 2 N–H and O–H groups in total. The number of carbonyl (C=O) groups excluding carboxylic acids is 2.